The summed E-state index contributed by atoms with van der Waals surface area (Å²) in [5.41, 5.74) is -0.494. The average molecular weight is 386 g/mol. The van der Waals surface area contributed by atoms with E-state index in [1.807, 2.05) is 0 Å². The van der Waals surface area contributed by atoms with E-state index in [0.717, 1.165) is 0 Å². The molecule has 0 aliphatic heterocycles. The second kappa shape index (κ2) is 7.36. The largest absolute Gasteiger partial charge is 0.455 e. The lowest BCUT2D eigenvalue weighted by Crippen LogP contribution is -2.53. The van der Waals surface area contributed by atoms with Crippen molar-refractivity contribution in [3.8, 4) is 0 Å². The second-order valence-electron chi connectivity index (χ2n) is 4.80. The molecule has 23 heavy (non-hydrogen) atoms. The van der Waals surface area contributed by atoms with E-state index in [1.165, 1.54) is 13.8 Å². The monoisotopic (exact) mass is 385 g/mol. The number of benzene rings is 1. The summed E-state index contributed by atoms with van der Waals surface area (Å²) in [7, 11) is 0. The van der Waals surface area contributed by atoms with Crippen LogP contribution in [0.15, 0.2) is 12.1 Å². The predicted octanol–water partition coefficient (Wildman–Crippen LogP) is 4.69. The standard InChI is InChI=1S/C13H14ClF6NO.ClH/c1-7-5-9(6-8(2)10(7)21-4-3-14)11(15,16)12(17,22)13(18,19)20;/h5-6,21-22H,3-4H2,1-2H3;1H. The number of aliphatic hydroxyl groups is 1. The smallest absolute Gasteiger partial charge is 0.383 e. The van der Waals surface area contributed by atoms with Crippen molar-refractivity contribution in [2.24, 2.45) is 0 Å². The molecule has 1 atom stereocenters. The fourth-order valence-electron chi connectivity index (χ4n) is 1.97. The van der Waals surface area contributed by atoms with E-state index in [9.17, 15) is 26.3 Å². The zero-order chi connectivity index (χ0) is 17.3. The molecular formula is C13H15Cl2F6NO. The molecule has 0 fully saturated rings. The first-order valence-corrected chi connectivity index (χ1v) is 6.67. The SMILES string of the molecule is Cc1cc(C(F)(F)C(O)(F)C(F)(F)F)cc(C)c1NCCCl.Cl. The van der Waals surface area contributed by atoms with Crippen LogP contribution in [-0.2, 0) is 5.92 Å². The third-order valence-corrected chi connectivity index (χ3v) is 3.27. The van der Waals surface area contributed by atoms with Gasteiger partial charge in [0.25, 0.3) is 0 Å². The topological polar surface area (TPSA) is 32.3 Å². The van der Waals surface area contributed by atoms with Crippen molar-refractivity contribution >= 4 is 29.7 Å². The van der Waals surface area contributed by atoms with Crippen molar-refractivity contribution in [3.63, 3.8) is 0 Å². The molecule has 0 radical (unpaired) electrons. The predicted molar refractivity (Wildman–Crippen MR) is 78.4 cm³/mol. The lowest BCUT2D eigenvalue weighted by atomic mass is 9.95. The number of aryl methyl sites for hydroxylation is 2. The van der Waals surface area contributed by atoms with E-state index in [4.69, 9.17) is 16.7 Å². The van der Waals surface area contributed by atoms with Gasteiger partial charge < -0.3 is 10.4 Å². The fourth-order valence-corrected chi connectivity index (χ4v) is 2.06. The maximum Gasteiger partial charge on any atom is 0.455 e. The maximum atomic E-state index is 13.8. The van der Waals surface area contributed by atoms with Gasteiger partial charge in [-0.15, -0.1) is 24.0 Å². The van der Waals surface area contributed by atoms with E-state index in [0.29, 0.717) is 24.4 Å². The van der Waals surface area contributed by atoms with Crippen LogP contribution in [-0.4, -0.2) is 29.6 Å². The summed E-state index contributed by atoms with van der Waals surface area (Å²) in [4.78, 5) is 0. The number of nitrogens with one attached hydrogen (secondary N) is 1. The summed E-state index contributed by atoms with van der Waals surface area (Å²) in [6.45, 7) is 3.05. The summed E-state index contributed by atoms with van der Waals surface area (Å²) >= 11 is 5.48. The van der Waals surface area contributed by atoms with Crippen molar-refractivity contribution in [3.05, 3.63) is 28.8 Å². The highest BCUT2D eigenvalue weighted by Crippen LogP contribution is 2.49. The normalized spacial score (nSPS) is 14.9. The molecule has 1 aromatic carbocycles. The van der Waals surface area contributed by atoms with E-state index >= 15 is 0 Å². The van der Waals surface area contributed by atoms with E-state index in [-0.39, 0.29) is 29.4 Å². The number of hydrogen-bond acceptors (Lipinski definition) is 2. The zero-order valence-electron chi connectivity index (χ0n) is 12.1. The van der Waals surface area contributed by atoms with Gasteiger partial charge in [0.2, 0.25) is 0 Å². The molecule has 0 aliphatic rings. The molecule has 134 valence electrons. The van der Waals surface area contributed by atoms with E-state index in [2.05, 4.69) is 5.32 Å². The minimum atomic E-state index is -6.13. The van der Waals surface area contributed by atoms with Gasteiger partial charge >= 0.3 is 18.0 Å². The Kier molecular flexibility index (Phi) is 7.08. The number of halogens is 8. The Bertz CT molecular complexity index is 525. The molecule has 0 aromatic heterocycles. The van der Waals surface area contributed by atoms with Crippen LogP contribution in [0.4, 0.5) is 32.0 Å². The number of alkyl halides is 7. The molecule has 1 rings (SSSR count). The Balaban J connectivity index is 0.00000484. The average Bonchev–Trinajstić information content (AvgIpc) is 2.36. The molecular weight excluding hydrogens is 371 g/mol. The lowest BCUT2D eigenvalue weighted by molar-refractivity contribution is -0.390. The van der Waals surface area contributed by atoms with Gasteiger partial charge in [-0.2, -0.15) is 26.3 Å². The molecule has 0 saturated carbocycles. The third kappa shape index (κ3) is 4.16. The van der Waals surface area contributed by atoms with Crippen LogP contribution in [0.5, 0.6) is 0 Å². The first kappa shape index (κ1) is 22.1. The van der Waals surface area contributed by atoms with Crippen molar-refractivity contribution in [2.45, 2.75) is 31.8 Å². The second-order valence-corrected chi connectivity index (χ2v) is 5.17. The molecule has 2 nitrogen and oxygen atoms in total. The Labute approximate surface area is 140 Å². The van der Waals surface area contributed by atoms with Crippen molar-refractivity contribution in [1.82, 2.24) is 0 Å². The highest BCUT2D eigenvalue weighted by molar-refractivity contribution is 6.18. The van der Waals surface area contributed by atoms with E-state index < -0.39 is 23.5 Å². The Morgan fingerprint density at radius 1 is 1.04 bits per heavy atom. The molecule has 0 bridgehead atoms. The molecule has 0 amide bonds. The van der Waals surface area contributed by atoms with Crippen molar-refractivity contribution < 1.29 is 31.4 Å². The van der Waals surface area contributed by atoms with Gasteiger partial charge in [0.1, 0.15) is 0 Å². The van der Waals surface area contributed by atoms with Crippen LogP contribution in [0.25, 0.3) is 0 Å². The van der Waals surface area contributed by atoms with E-state index in [1.54, 1.807) is 0 Å². The van der Waals surface area contributed by atoms with Crippen LogP contribution >= 0.6 is 24.0 Å². The molecule has 10 heteroatoms. The zero-order valence-corrected chi connectivity index (χ0v) is 13.6. The molecule has 0 spiro atoms. The van der Waals surface area contributed by atoms with Gasteiger partial charge in [0.05, 0.1) is 0 Å². The van der Waals surface area contributed by atoms with Crippen LogP contribution in [0.2, 0.25) is 0 Å². The fraction of sp³-hybridized carbons (Fsp3) is 0.538. The quantitative estimate of drug-likeness (QED) is 0.569. The van der Waals surface area contributed by atoms with Crippen molar-refractivity contribution in [2.75, 3.05) is 17.7 Å². The minimum Gasteiger partial charge on any atom is -0.383 e. The summed E-state index contributed by atoms with van der Waals surface area (Å²) < 4.78 is 77.8. The van der Waals surface area contributed by atoms with Gasteiger partial charge in [0, 0.05) is 23.7 Å². The molecule has 1 aromatic rings. The number of anilines is 1. The lowest BCUT2D eigenvalue weighted by Gasteiger charge is -2.31. The highest BCUT2D eigenvalue weighted by atomic mass is 35.5. The maximum absolute atomic E-state index is 13.8. The highest BCUT2D eigenvalue weighted by Gasteiger charge is 2.71. The van der Waals surface area contributed by atoms with Gasteiger partial charge in [-0.3, -0.25) is 0 Å². The van der Waals surface area contributed by atoms with Gasteiger partial charge in [-0.1, -0.05) is 0 Å². The Morgan fingerprint density at radius 3 is 1.83 bits per heavy atom. The molecule has 1 unspecified atom stereocenters. The Hall–Kier alpha value is -0.860. The molecule has 0 aliphatic carbocycles. The van der Waals surface area contributed by atoms with Gasteiger partial charge in [0.15, 0.2) is 0 Å². The number of hydrogen-bond donors (Lipinski definition) is 2. The van der Waals surface area contributed by atoms with Crippen molar-refractivity contribution in [1.29, 1.82) is 0 Å². The van der Waals surface area contributed by atoms with Crippen LogP contribution < -0.4 is 5.32 Å². The summed E-state index contributed by atoms with van der Waals surface area (Å²) in [5.74, 6) is -10.6. The molecule has 0 saturated heterocycles. The van der Waals surface area contributed by atoms with Crippen LogP contribution in [0.3, 0.4) is 0 Å². The molecule has 0 heterocycles. The van der Waals surface area contributed by atoms with Gasteiger partial charge in [-0.05, 0) is 37.1 Å². The van der Waals surface area contributed by atoms with Crippen LogP contribution in [0, 0.1) is 13.8 Å². The number of rotatable bonds is 5. The molecule has 2 N–H and O–H groups in total. The summed E-state index contributed by atoms with van der Waals surface area (Å²) in [6.07, 6.45) is -6.13. The first-order chi connectivity index (χ1) is 9.86. The van der Waals surface area contributed by atoms with Crippen LogP contribution in [0.1, 0.15) is 16.7 Å². The summed E-state index contributed by atoms with van der Waals surface area (Å²) in [6, 6.07) is 1.39. The first-order valence-electron chi connectivity index (χ1n) is 6.13. The Morgan fingerprint density at radius 2 is 1.48 bits per heavy atom. The minimum absolute atomic E-state index is 0. The van der Waals surface area contributed by atoms with Gasteiger partial charge in [-0.25, -0.2) is 0 Å². The third-order valence-electron chi connectivity index (χ3n) is 3.08. The summed E-state index contributed by atoms with van der Waals surface area (Å²) in [5, 5.41) is 11.5.